The molecule has 0 N–H and O–H groups in total. The van der Waals surface area contributed by atoms with Gasteiger partial charge in [0.05, 0.1) is 18.2 Å². The van der Waals surface area contributed by atoms with E-state index in [1.54, 1.807) is 19.2 Å². The number of halogens is 1. The summed E-state index contributed by atoms with van der Waals surface area (Å²) in [6, 6.07) is 7.38. The van der Waals surface area contributed by atoms with Gasteiger partial charge < -0.3 is 14.5 Å². The summed E-state index contributed by atoms with van der Waals surface area (Å²) in [6.07, 6.45) is 9.97. The Morgan fingerprint density at radius 2 is 1.94 bits per heavy atom. The maximum atomic E-state index is 12.1. The van der Waals surface area contributed by atoms with Crippen LogP contribution in [0.1, 0.15) is 35.1 Å². The number of carbonyl (C=O) groups is 1. The number of alkyl halides is 1. The number of piperazine rings is 1. The summed E-state index contributed by atoms with van der Waals surface area (Å²) in [4.78, 5) is 32.6. The monoisotopic (exact) mass is 456 g/mol. The van der Waals surface area contributed by atoms with Crippen molar-refractivity contribution in [3.63, 3.8) is 0 Å². The lowest BCUT2D eigenvalue weighted by Gasteiger charge is -2.34. The molecule has 2 aliphatic rings. The third kappa shape index (κ3) is 6.08. The van der Waals surface area contributed by atoms with Crippen LogP contribution in [0.25, 0.3) is 12.3 Å². The first-order valence-electron chi connectivity index (χ1n) is 10.7. The number of fused-ring (bicyclic) bond motifs is 1. The van der Waals surface area contributed by atoms with Crippen LogP contribution in [0, 0.1) is 0 Å². The molecule has 2 aromatic rings. The van der Waals surface area contributed by atoms with Gasteiger partial charge in [-0.3, -0.25) is 14.3 Å². The predicted molar refractivity (Wildman–Crippen MR) is 129 cm³/mol. The van der Waals surface area contributed by atoms with E-state index < -0.39 is 5.97 Å². The molecule has 1 fully saturated rings. The summed E-state index contributed by atoms with van der Waals surface area (Å²) in [5, 5.41) is 0. The van der Waals surface area contributed by atoms with Gasteiger partial charge in [-0.1, -0.05) is 12.2 Å². The van der Waals surface area contributed by atoms with Gasteiger partial charge in [-0.15, -0.1) is 11.6 Å². The van der Waals surface area contributed by atoms with E-state index in [0.29, 0.717) is 5.88 Å². The largest absolute Gasteiger partial charge is 0.462 e. The third-order valence-electron chi connectivity index (χ3n) is 5.26. The van der Waals surface area contributed by atoms with Crippen LogP contribution in [0.5, 0.6) is 0 Å². The highest BCUT2D eigenvalue weighted by Crippen LogP contribution is 2.17. The van der Waals surface area contributed by atoms with Crippen molar-refractivity contribution in [2.24, 2.45) is 0 Å². The Hall–Kier alpha value is -2.90. The highest BCUT2D eigenvalue weighted by atomic mass is 35.5. The Kier molecular flexibility index (Phi) is 8.64. The van der Waals surface area contributed by atoms with E-state index in [1.165, 1.54) is 16.3 Å². The molecular formula is C24H29ClN4O3. The van der Waals surface area contributed by atoms with Crippen LogP contribution in [-0.4, -0.2) is 60.3 Å². The second kappa shape index (κ2) is 11.6. The average Bonchev–Trinajstić information content (AvgIpc) is 3.07. The molecule has 0 unspecified atom stereocenters. The number of allylic oxidation sites excluding steroid dienone is 2. The smallest absolute Gasteiger partial charge is 0.343 e. The van der Waals surface area contributed by atoms with E-state index in [1.807, 2.05) is 24.4 Å². The molecule has 2 aromatic heterocycles. The molecule has 170 valence electrons. The first kappa shape index (κ1) is 23.8. The van der Waals surface area contributed by atoms with E-state index in [4.69, 9.17) is 16.3 Å². The van der Waals surface area contributed by atoms with Crippen molar-refractivity contribution in [2.75, 3.05) is 44.7 Å². The normalized spacial score (nSPS) is 15.4. The summed E-state index contributed by atoms with van der Waals surface area (Å²) in [7, 11) is 2.16. The van der Waals surface area contributed by atoms with Crippen molar-refractivity contribution in [1.82, 2.24) is 14.5 Å². The molecular weight excluding hydrogens is 428 g/mol. The van der Waals surface area contributed by atoms with Crippen molar-refractivity contribution in [3.05, 3.63) is 69.9 Å². The Morgan fingerprint density at radius 1 is 1.16 bits per heavy atom. The maximum Gasteiger partial charge on any atom is 0.343 e. The third-order valence-corrected chi connectivity index (χ3v) is 5.54. The molecule has 32 heavy (non-hydrogen) atoms. The van der Waals surface area contributed by atoms with Crippen molar-refractivity contribution >= 4 is 35.5 Å². The van der Waals surface area contributed by atoms with Gasteiger partial charge in [0.25, 0.3) is 5.56 Å². The Balaban J connectivity index is 0.000000182. The van der Waals surface area contributed by atoms with Gasteiger partial charge in [0.15, 0.2) is 0 Å². The van der Waals surface area contributed by atoms with Crippen molar-refractivity contribution in [1.29, 1.82) is 0 Å². The predicted octanol–water partition coefficient (Wildman–Crippen LogP) is 3.48. The summed E-state index contributed by atoms with van der Waals surface area (Å²) in [5.41, 5.74) is 2.68. The molecule has 0 bridgehead atoms. The van der Waals surface area contributed by atoms with E-state index >= 15 is 0 Å². The first-order chi connectivity index (χ1) is 15.5. The number of nitrogens with zero attached hydrogens (tertiary/aromatic N) is 4. The van der Waals surface area contributed by atoms with Crippen LogP contribution in [0.3, 0.4) is 0 Å². The van der Waals surface area contributed by atoms with Gasteiger partial charge in [0.1, 0.15) is 5.56 Å². The molecule has 0 radical (unpaired) electrons. The second-order valence-electron chi connectivity index (χ2n) is 7.52. The number of carbonyl (C=O) groups excluding carboxylic acids is 1. The van der Waals surface area contributed by atoms with Crippen LogP contribution < -0.4 is 10.5 Å². The van der Waals surface area contributed by atoms with Gasteiger partial charge in [-0.2, -0.15) is 0 Å². The standard InChI is InChI=1S/C13H13NO3.C11H16ClN3/c1-2-17-13(16)11-8-7-10-6-4-3-5-9-14(10)12(11)15;1-14-4-6-15(7-5-14)11-2-3-13-10(8-11)9-12/h4-9H,2-3H2,1H3;2-3,8H,4-7,9H2,1H3. The Labute approximate surface area is 193 Å². The summed E-state index contributed by atoms with van der Waals surface area (Å²) in [6.45, 7) is 6.39. The molecule has 0 saturated carbocycles. The average molecular weight is 457 g/mol. The van der Waals surface area contributed by atoms with Gasteiger partial charge in [-0.25, -0.2) is 4.79 Å². The fraction of sp³-hybridized carbons (Fsp3) is 0.375. The Morgan fingerprint density at radius 3 is 2.66 bits per heavy atom. The zero-order chi connectivity index (χ0) is 22.9. The quantitative estimate of drug-likeness (QED) is 0.518. The molecule has 0 amide bonds. The molecule has 4 heterocycles. The van der Waals surface area contributed by atoms with Crippen LogP contribution in [0.2, 0.25) is 0 Å². The van der Waals surface area contributed by atoms with Crippen molar-refractivity contribution in [3.8, 4) is 0 Å². The van der Waals surface area contributed by atoms with Gasteiger partial charge in [0.2, 0.25) is 0 Å². The first-order valence-corrected chi connectivity index (χ1v) is 11.3. The highest BCUT2D eigenvalue weighted by molar-refractivity contribution is 6.16. The van der Waals surface area contributed by atoms with Crippen LogP contribution in [0.15, 0.2) is 47.4 Å². The van der Waals surface area contributed by atoms with Crippen molar-refractivity contribution in [2.45, 2.75) is 19.2 Å². The number of rotatable bonds is 4. The molecule has 0 atom stereocenters. The van der Waals surface area contributed by atoms with Gasteiger partial charge in [-0.05, 0) is 50.7 Å². The van der Waals surface area contributed by atoms with E-state index in [2.05, 4.69) is 34.0 Å². The minimum Gasteiger partial charge on any atom is -0.462 e. The number of ether oxygens (including phenoxy) is 1. The molecule has 0 aliphatic carbocycles. The lowest BCUT2D eigenvalue weighted by molar-refractivity contribution is 0.0524. The topological polar surface area (TPSA) is 67.7 Å². The summed E-state index contributed by atoms with van der Waals surface area (Å²) in [5.74, 6) is -0.0869. The van der Waals surface area contributed by atoms with Crippen LogP contribution >= 0.6 is 11.6 Å². The van der Waals surface area contributed by atoms with Gasteiger partial charge >= 0.3 is 5.97 Å². The van der Waals surface area contributed by atoms with Crippen LogP contribution in [-0.2, 0) is 10.6 Å². The number of hydrogen-bond donors (Lipinski definition) is 0. The SMILES string of the molecule is CCOC(=O)c1ccc2n(c1=O)C=CCC=C2.CN1CCN(c2ccnc(CCl)c2)CC1. The lowest BCUT2D eigenvalue weighted by Crippen LogP contribution is -2.44. The molecule has 0 aromatic carbocycles. The van der Waals surface area contributed by atoms with E-state index in [-0.39, 0.29) is 17.7 Å². The zero-order valence-corrected chi connectivity index (χ0v) is 19.3. The van der Waals surface area contributed by atoms with Crippen LogP contribution in [0.4, 0.5) is 5.69 Å². The molecule has 7 nitrogen and oxygen atoms in total. The number of anilines is 1. The number of likely N-dealkylation sites (N-methyl/N-ethyl adjacent to an activating group) is 1. The lowest BCUT2D eigenvalue weighted by atomic mass is 10.2. The summed E-state index contributed by atoms with van der Waals surface area (Å²) >= 11 is 5.77. The summed E-state index contributed by atoms with van der Waals surface area (Å²) < 4.78 is 6.29. The maximum absolute atomic E-state index is 12.1. The second-order valence-corrected chi connectivity index (χ2v) is 7.79. The Bertz CT molecular complexity index is 1040. The van der Waals surface area contributed by atoms with E-state index in [0.717, 1.165) is 44.0 Å². The minimum absolute atomic E-state index is 0.0653. The number of pyridine rings is 2. The van der Waals surface area contributed by atoms with Gasteiger partial charge in [0, 0.05) is 50.0 Å². The molecule has 4 rings (SSSR count). The number of esters is 1. The fourth-order valence-corrected chi connectivity index (χ4v) is 3.60. The molecule has 0 spiro atoms. The van der Waals surface area contributed by atoms with Crippen molar-refractivity contribution < 1.29 is 9.53 Å². The fourth-order valence-electron chi connectivity index (χ4n) is 3.45. The van der Waals surface area contributed by atoms with E-state index in [9.17, 15) is 9.59 Å². The minimum atomic E-state index is -0.575. The molecule has 2 aliphatic heterocycles. The zero-order valence-electron chi connectivity index (χ0n) is 18.5. The highest BCUT2D eigenvalue weighted by Gasteiger charge is 2.15. The molecule has 8 heteroatoms. The number of aromatic nitrogens is 2. The number of hydrogen-bond acceptors (Lipinski definition) is 6. The molecule has 1 saturated heterocycles.